The molecule has 0 aromatic heterocycles. The molecule has 0 aromatic rings. The van der Waals surface area contributed by atoms with E-state index in [0.29, 0.717) is 5.92 Å². The third kappa shape index (κ3) is 2.27. The molecule has 0 spiro atoms. The molecule has 0 heterocycles. The Morgan fingerprint density at radius 2 is 2.00 bits per heavy atom. The second-order valence-corrected chi connectivity index (χ2v) is 4.73. The van der Waals surface area contributed by atoms with Crippen molar-refractivity contribution in [1.82, 2.24) is 0 Å². The summed E-state index contributed by atoms with van der Waals surface area (Å²) in [5.74, 6) is 0.355. The van der Waals surface area contributed by atoms with Crippen LogP contribution in [0.4, 0.5) is 0 Å². The van der Waals surface area contributed by atoms with Crippen molar-refractivity contribution in [1.29, 1.82) is 5.26 Å². The second-order valence-electron chi connectivity index (χ2n) is 4.73. The summed E-state index contributed by atoms with van der Waals surface area (Å²) in [7, 11) is 0. The first-order chi connectivity index (χ1) is 6.64. The minimum absolute atomic E-state index is 0.355. The van der Waals surface area contributed by atoms with E-state index in [9.17, 15) is 5.11 Å². The van der Waals surface area contributed by atoms with Gasteiger partial charge in [0.1, 0.15) is 0 Å². The summed E-state index contributed by atoms with van der Waals surface area (Å²) in [6, 6.07) is 2.28. The predicted octanol–water partition coefficient (Wildman–Crippen LogP) is 2.87. The van der Waals surface area contributed by atoms with E-state index in [4.69, 9.17) is 5.26 Å². The summed E-state index contributed by atoms with van der Waals surface area (Å²) >= 11 is 0. The van der Waals surface area contributed by atoms with Gasteiger partial charge in [0.15, 0.2) is 0 Å². The fraction of sp³-hybridized carbons (Fsp3) is 0.917. The molecule has 2 atom stereocenters. The first kappa shape index (κ1) is 11.5. The normalized spacial score (nSPS) is 25.0. The molecule has 0 amide bonds. The Hall–Kier alpha value is -0.550. The fourth-order valence-corrected chi connectivity index (χ4v) is 2.32. The predicted molar refractivity (Wildman–Crippen MR) is 56.6 cm³/mol. The molecule has 1 fully saturated rings. The van der Waals surface area contributed by atoms with Gasteiger partial charge in [-0.2, -0.15) is 5.26 Å². The van der Waals surface area contributed by atoms with Crippen LogP contribution in [-0.2, 0) is 0 Å². The average molecular weight is 195 g/mol. The van der Waals surface area contributed by atoms with E-state index >= 15 is 0 Å². The molecule has 1 saturated carbocycles. The molecule has 1 rings (SSSR count). The average Bonchev–Trinajstić information content (AvgIpc) is 2.28. The number of hydrogen-bond donors (Lipinski definition) is 1. The lowest BCUT2D eigenvalue weighted by Crippen LogP contribution is -2.37. The summed E-state index contributed by atoms with van der Waals surface area (Å²) in [5, 5.41) is 19.2. The zero-order valence-electron chi connectivity index (χ0n) is 9.29. The molecular formula is C12H21NO. The number of hydrogen-bond acceptors (Lipinski definition) is 2. The molecule has 1 aliphatic rings. The smallest absolute Gasteiger partial charge is 0.0804 e. The third-order valence-corrected chi connectivity index (χ3v) is 3.74. The van der Waals surface area contributed by atoms with Crippen molar-refractivity contribution in [3.8, 4) is 6.07 Å². The van der Waals surface area contributed by atoms with Crippen LogP contribution >= 0.6 is 0 Å². The Balaban J connectivity index is 2.62. The van der Waals surface area contributed by atoms with Crippen molar-refractivity contribution in [2.24, 2.45) is 11.3 Å². The Bertz CT molecular complexity index is 215. The molecule has 2 heteroatoms. The monoisotopic (exact) mass is 195 g/mol. The first-order valence-corrected chi connectivity index (χ1v) is 5.73. The molecule has 0 aromatic carbocycles. The highest BCUT2D eigenvalue weighted by Gasteiger charge is 2.37. The second kappa shape index (κ2) is 4.79. The van der Waals surface area contributed by atoms with Gasteiger partial charge in [-0.3, -0.25) is 0 Å². The van der Waals surface area contributed by atoms with Gasteiger partial charge in [0, 0.05) is 0 Å². The lowest BCUT2D eigenvalue weighted by Gasteiger charge is -2.35. The highest BCUT2D eigenvalue weighted by atomic mass is 16.3. The highest BCUT2D eigenvalue weighted by Crippen LogP contribution is 2.36. The zero-order chi connectivity index (χ0) is 10.6. The molecule has 80 valence electrons. The minimum atomic E-state index is -0.540. The highest BCUT2D eigenvalue weighted by molar-refractivity contribution is 5.01. The summed E-state index contributed by atoms with van der Waals surface area (Å²) in [5.41, 5.74) is -0.540. The number of rotatable bonds is 3. The van der Waals surface area contributed by atoms with Gasteiger partial charge in [-0.15, -0.1) is 0 Å². The van der Waals surface area contributed by atoms with Crippen molar-refractivity contribution in [3.63, 3.8) is 0 Å². The van der Waals surface area contributed by atoms with Crippen molar-refractivity contribution in [3.05, 3.63) is 0 Å². The van der Waals surface area contributed by atoms with Gasteiger partial charge in [0.25, 0.3) is 0 Å². The molecule has 1 N–H and O–H groups in total. The van der Waals surface area contributed by atoms with Crippen LogP contribution in [0.15, 0.2) is 0 Å². The lowest BCUT2D eigenvalue weighted by molar-refractivity contribution is 0.00579. The SMILES string of the molecule is CCC(C)(C#N)C(O)C1CCCCC1. The zero-order valence-corrected chi connectivity index (χ0v) is 9.29. The van der Waals surface area contributed by atoms with E-state index in [2.05, 4.69) is 6.07 Å². The van der Waals surface area contributed by atoms with E-state index in [1.807, 2.05) is 13.8 Å². The Labute approximate surface area is 86.9 Å². The molecule has 0 saturated heterocycles. The molecule has 1 aliphatic carbocycles. The van der Waals surface area contributed by atoms with Gasteiger partial charge in [-0.25, -0.2) is 0 Å². The summed E-state index contributed by atoms with van der Waals surface area (Å²) < 4.78 is 0. The van der Waals surface area contributed by atoms with Gasteiger partial charge in [0.05, 0.1) is 17.6 Å². The fourth-order valence-electron chi connectivity index (χ4n) is 2.32. The first-order valence-electron chi connectivity index (χ1n) is 5.73. The topological polar surface area (TPSA) is 44.0 Å². The molecule has 0 bridgehead atoms. The molecule has 14 heavy (non-hydrogen) atoms. The molecule has 0 radical (unpaired) electrons. The van der Waals surface area contributed by atoms with Crippen LogP contribution < -0.4 is 0 Å². The van der Waals surface area contributed by atoms with Crippen molar-refractivity contribution in [2.75, 3.05) is 0 Å². The summed E-state index contributed by atoms with van der Waals surface area (Å²) in [6.45, 7) is 3.86. The van der Waals surface area contributed by atoms with Gasteiger partial charge < -0.3 is 5.11 Å². The number of nitriles is 1. The third-order valence-electron chi connectivity index (χ3n) is 3.74. The number of nitrogens with zero attached hydrogens (tertiary/aromatic N) is 1. The van der Waals surface area contributed by atoms with Crippen LogP contribution in [-0.4, -0.2) is 11.2 Å². The van der Waals surface area contributed by atoms with Gasteiger partial charge in [0.2, 0.25) is 0 Å². The minimum Gasteiger partial charge on any atom is -0.391 e. The quantitative estimate of drug-likeness (QED) is 0.752. The molecule has 0 aliphatic heterocycles. The largest absolute Gasteiger partial charge is 0.391 e. The van der Waals surface area contributed by atoms with Crippen LogP contribution in [0.2, 0.25) is 0 Å². The maximum Gasteiger partial charge on any atom is 0.0804 e. The van der Waals surface area contributed by atoms with E-state index in [1.54, 1.807) is 0 Å². The van der Waals surface area contributed by atoms with Crippen molar-refractivity contribution in [2.45, 2.75) is 58.5 Å². The van der Waals surface area contributed by atoms with E-state index < -0.39 is 11.5 Å². The summed E-state index contributed by atoms with van der Waals surface area (Å²) in [4.78, 5) is 0. The molecule has 2 nitrogen and oxygen atoms in total. The van der Waals surface area contributed by atoms with Gasteiger partial charge >= 0.3 is 0 Å². The van der Waals surface area contributed by atoms with E-state index in [-0.39, 0.29) is 0 Å². The van der Waals surface area contributed by atoms with Crippen molar-refractivity contribution >= 4 is 0 Å². The van der Waals surface area contributed by atoms with Crippen molar-refractivity contribution < 1.29 is 5.11 Å². The van der Waals surface area contributed by atoms with Crippen LogP contribution in [0.25, 0.3) is 0 Å². The Kier molecular flexibility index (Phi) is 3.95. The standard InChI is InChI=1S/C12H21NO/c1-3-12(2,9-13)11(14)10-7-5-4-6-8-10/h10-11,14H,3-8H2,1-2H3. The van der Waals surface area contributed by atoms with Gasteiger partial charge in [-0.1, -0.05) is 26.2 Å². The van der Waals surface area contributed by atoms with Crippen LogP contribution in [0.5, 0.6) is 0 Å². The van der Waals surface area contributed by atoms with Gasteiger partial charge in [-0.05, 0) is 32.1 Å². The van der Waals surface area contributed by atoms with Crippen LogP contribution in [0, 0.1) is 22.7 Å². The number of aliphatic hydroxyl groups excluding tert-OH is 1. The Morgan fingerprint density at radius 3 is 2.43 bits per heavy atom. The van der Waals surface area contributed by atoms with E-state index in [0.717, 1.165) is 19.3 Å². The maximum absolute atomic E-state index is 10.2. The molecular weight excluding hydrogens is 174 g/mol. The van der Waals surface area contributed by atoms with Crippen LogP contribution in [0.1, 0.15) is 52.4 Å². The summed E-state index contributed by atoms with van der Waals surface area (Å²) in [6.07, 6.45) is 6.22. The lowest BCUT2D eigenvalue weighted by atomic mass is 9.72. The van der Waals surface area contributed by atoms with Crippen LogP contribution in [0.3, 0.4) is 0 Å². The Morgan fingerprint density at radius 1 is 1.43 bits per heavy atom. The van der Waals surface area contributed by atoms with E-state index in [1.165, 1.54) is 19.3 Å². The maximum atomic E-state index is 10.2. The molecule has 2 unspecified atom stereocenters. The number of aliphatic hydroxyl groups is 1.